The fourth-order valence-electron chi connectivity index (χ4n) is 4.42. The Kier molecular flexibility index (Phi) is 6.18. The van der Waals surface area contributed by atoms with E-state index >= 15 is 0 Å². The minimum Gasteiger partial charge on any atom is -0.344 e. The molecule has 0 radical (unpaired) electrons. The number of ketones is 1. The first kappa shape index (κ1) is 22.5. The van der Waals surface area contributed by atoms with Gasteiger partial charge in [0.05, 0.1) is 6.54 Å². The number of nitrogens with zero attached hydrogens (tertiary/aromatic N) is 2. The van der Waals surface area contributed by atoms with Crippen LogP contribution in [-0.4, -0.2) is 39.3 Å². The van der Waals surface area contributed by atoms with Gasteiger partial charge in [0.15, 0.2) is 5.78 Å². The van der Waals surface area contributed by atoms with E-state index in [0.29, 0.717) is 24.9 Å². The van der Waals surface area contributed by atoms with Crippen molar-refractivity contribution in [1.82, 2.24) is 14.8 Å². The molecule has 0 saturated carbocycles. The monoisotopic (exact) mass is 443 g/mol. The lowest BCUT2D eigenvalue weighted by atomic mass is 9.93. The van der Waals surface area contributed by atoms with E-state index in [1.54, 1.807) is 6.92 Å². The summed E-state index contributed by atoms with van der Waals surface area (Å²) < 4.78 is 2.08. The molecule has 2 heterocycles. The Balaban J connectivity index is 1.46. The maximum Gasteiger partial charge on any atom is 0.325 e. The lowest BCUT2D eigenvalue weighted by molar-refractivity contribution is -0.130. The lowest BCUT2D eigenvalue weighted by Gasteiger charge is -2.21. The molecule has 170 valence electrons. The SMILES string of the molecule is Cc1cc(C(=O)CN2C(=O)NC(C)(CCc3ccccc3)C2=O)c(C)n1Cc1ccccc1. The van der Waals surface area contributed by atoms with Gasteiger partial charge in [0.25, 0.3) is 5.91 Å². The number of aromatic nitrogens is 1. The molecule has 6 nitrogen and oxygen atoms in total. The third-order valence-electron chi connectivity index (χ3n) is 6.46. The summed E-state index contributed by atoms with van der Waals surface area (Å²) in [7, 11) is 0. The van der Waals surface area contributed by atoms with Gasteiger partial charge < -0.3 is 9.88 Å². The minimum absolute atomic E-state index is 0.238. The van der Waals surface area contributed by atoms with E-state index in [1.165, 1.54) is 0 Å². The Morgan fingerprint density at radius 1 is 0.939 bits per heavy atom. The Morgan fingerprint density at radius 2 is 1.55 bits per heavy atom. The van der Waals surface area contributed by atoms with Gasteiger partial charge in [-0.25, -0.2) is 4.79 Å². The van der Waals surface area contributed by atoms with Gasteiger partial charge in [-0.05, 0) is 50.8 Å². The number of Topliss-reactive ketones (excluding diaryl/α,β-unsaturated/α-hetero) is 1. The molecule has 33 heavy (non-hydrogen) atoms. The summed E-state index contributed by atoms with van der Waals surface area (Å²) in [6.45, 7) is 5.99. The highest BCUT2D eigenvalue weighted by Crippen LogP contribution is 2.25. The molecule has 1 aliphatic rings. The van der Waals surface area contributed by atoms with E-state index in [-0.39, 0.29) is 18.2 Å². The number of aryl methyl sites for hydroxylation is 2. The summed E-state index contributed by atoms with van der Waals surface area (Å²) >= 11 is 0. The van der Waals surface area contributed by atoms with Crippen LogP contribution in [0.1, 0.15) is 46.2 Å². The normalized spacial score (nSPS) is 18.0. The average molecular weight is 444 g/mol. The zero-order valence-electron chi connectivity index (χ0n) is 19.3. The fraction of sp³-hybridized carbons (Fsp3) is 0.296. The molecular weight excluding hydrogens is 414 g/mol. The molecule has 1 atom stereocenters. The van der Waals surface area contributed by atoms with Crippen LogP contribution in [0.4, 0.5) is 4.79 Å². The summed E-state index contributed by atoms with van der Waals surface area (Å²) in [4.78, 5) is 39.9. The first-order valence-electron chi connectivity index (χ1n) is 11.2. The molecule has 0 spiro atoms. The summed E-state index contributed by atoms with van der Waals surface area (Å²) in [6.07, 6.45) is 1.13. The van der Waals surface area contributed by atoms with Gasteiger partial charge in [0.2, 0.25) is 0 Å². The van der Waals surface area contributed by atoms with Gasteiger partial charge in [-0.1, -0.05) is 60.7 Å². The van der Waals surface area contributed by atoms with Crippen molar-refractivity contribution in [2.45, 2.75) is 45.7 Å². The number of hydrogen-bond acceptors (Lipinski definition) is 3. The molecule has 0 aliphatic carbocycles. The van der Waals surface area contributed by atoms with Crippen LogP contribution >= 0.6 is 0 Å². The molecular formula is C27H29N3O3. The third kappa shape index (κ3) is 4.60. The largest absolute Gasteiger partial charge is 0.344 e. The standard InChI is InChI=1S/C27H29N3O3/c1-19-16-23(20(2)29(19)17-22-12-8-5-9-13-22)24(31)18-30-25(32)27(3,28-26(30)33)15-14-21-10-6-4-7-11-21/h4-13,16H,14-15,17-18H2,1-3H3,(H,28,33). The molecule has 1 fully saturated rings. The van der Waals surface area contributed by atoms with E-state index in [2.05, 4.69) is 9.88 Å². The van der Waals surface area contributed by atoms with Crippen LogP contribution in [0.3, 0.4) is 0 Å². The zero-order chi connectivity index (χ0) is 23.6. The molecule has 3 amide bonds. The topological polar surface area (TPSA) is 71.4 Å². The number of rotatable bonds is 8. The van der Waals surface area contributed by atoms with E-state index in [0.717, 1.165) is 27.4 Å². The maximum atomic E-state index is 13.1. The van der Waals surface area contributed by atoms with Crippen molar-refractivity contribution in [3.05, 3.63) is 94.8 Å². The number of imide groups is 1. The molecule has 1 unspecified atom stereocenters. The van der Waals surface area contributed by atoms with Crippen molar-refractivity contribution in [3.63, 3.8) is 0 Å². The Hall–Kier alpha value is -3.67. The summed E-state index contributed by atoms with van der Waals surface area (Å²) in [5, 5.41) is 2.80. The number of carbonyl (C=O) groups excluding carboxylic acids is 3. The highest BCUT2D eigenvalue weighted by molar-refractivity contribution is 6.11. The number of nitrogens with one attached hydrogen (secondary N) is 1. The molecule has 6 heteroatoms. The van der Waals surface area contributed by atoms with Crippen molar-refractivity contribution >= 4 is 17.7 Å². The van der Waals surface area contributed by atoms with Gasteiger partial charge in [0, 0.05) is 23.5 Å². The Labute approximate surface area is 194 Å². The van der Waals surface area contributed by atoms with Crippen LogP contribution in [0.2, 0.25) is 0 Å². The van der Waals surface area contributed by atoms with Crippen LogP contribution < -0.4 is 5.32 Å². The van der Waals surface area contributed by atoms with Gasteiger partial charge in [-0.15, -0.1) is 0 Å². The highest BCUT2D eigenvalue weighted by Gasteiger charge is 2.48. The van der Waals surface area contributed by atoms with Gasteiger partial charge in [-0.3, -0.25) is 14.5 Å². The number of carbonyl (C=O) groups is 3. The summed E-state index contributed by atoms with van der Waals surface area (Å²) in [6, 6.07) is 21.2. The van der Waals surface area contributed by atoms with Crippen molar-refractivity contribution in [1.29, 1.82) is 0 Å². The molecule has 1 N–H and O–H groups in total. The second-order valence-corrected chi connectivity index (χ2v) is 8.92. The van der Waals surface area contributed by atoms with Crippen molar-refractivity contribution in [2.24, 2.45) is 0 Å². The molecule has 1 saturated heterocycles. The first-order valence-corrected chi connectivity index (χ1v) is 11.2. The van der Waals surface area contributed by atoms with Gasteiger partial charge in [-0.2, -0.15) is 0 Å². The van der Waals surface area contributed by atoms with Crippen LogP contribution in [0.25, 0.3) is 0 Å². The molecule has 1 aromatic heterocycles. The Morgan fingerprint density at radius 3 is 2.18 bits per heavy atom. The molecule has 2 aromatic carbocycles. The highest BCUT2D eigenvalue weighted by atomic mass is 16.2. The number of urea groups is 1. The Bertz CT molecular complexity index is 1180. The van der Waals surface area contributed by atoms with Crippen LogP contribution in [-0.2, 0) is 17.8 Å². The third-order valence-corrected chi connectivity index (χ3v) is 6.46. The minimum atomic E-state index is -1.02. The molecule has 3 aromatic rings. The van der Waals surface area contributed by atoms with Gasteiger partial charge >= 0.3 is 6.03 Å². The second kappa shape index (κ2) is 9.06. The van der Waals surface area contributed by atoms with Crippen LogP contribution in [0, 0.1) is 13.8 Å². The molecule has 4 rings (SSSR count). The first-order chi connectivity index (χ1) is 15.8. The summed E-state index contributed by atoms with van der Waals surface area (Å²) in [5.41, 5.74) is 3.56. The number of benzene rings is 2. The average Bonchev–Trinajstić information content (AvgIpc) is 3.21. The van der Waals surface area contributed by atoms with Crippen molar-refractivity contribution in [3.8, 4) is 0 Å². The fourth-order valence-corrected chi connectivity index (χ4v) is 4.42. The number of amides is 3. The quantitative estimate of drug-likeness (QED) is 0.417. The molecule has 1 aliphatic heterocycles. The van der Waals surface area contributed by atoms with E-state index in [1.807, 2.05) is 80.6 Å². The van der Waals surface area contributed by atoms with Crippen molar-refractivity contribution < 1.29 is 14.4 Å². The van der Waals surface area contributed by atoms with E-state index in [9.17, 15) is 14.4 Å². The molecule has 0 bridgehead atoms. The predicted octanol–water partition coefficient (Wildman–Crippen LogP) is 4.28. The van der Waals surface area contributed by atoms with E-state index in [4.69, 9.17) is 0 Å². The van der Waals surface area contributed by atoms with Crippen molar-refractivity contribution in [2.75, 3.05) is 6.54 Å². The number of hydrogen-bond donors (Lipinski definition) is 1. The maximum absolute atomic E-state index is 13.1. The van der Waals surface area contributed by atoms with Crippen LogP contribution in [0.15, 0.2) is 66.7 Å². The lowest BCUT2D eigenvalue weighted by Crippen LogP contribution is -2.44. The van der Waals surface area contributed by atoms with Gasteiger partial charge in [0.1, 0.15) is 5.54 Å². The zero-order valence-corrected chi connectivity index (χ0v) is 19.3. The van der Waals surface area contributed by atoms with Crippen LogP contribution in [0.5, 0.6) is 0 Å². The smallest absolute Gasteiger partial charge is 0.325 e. The summed E-state index contributed by atoms with van der Waals surface area (Å²) in [5.74, 6) is -0.590. The van der Waals surface area contributed by atoms with E-state index < -0.39 is 11.6 Å². The predicted molar refractivity (Wildman–Crippen MR) is 127 cm³/mol. The second-order valence-electron chi connectivity index (χ2n) is 8.92.